The number of nitrogens with two attached hydrogens (primary N) is 1. The molecule has 1 rings (SSSR count). The van der Waals surface area contributed by atoms with Crippen molar-refractivity contribution < 1.29 is 0 Å². The van der Waals surface area contributed by atoms with Gasteiger partial charge >= 0.3 is 0 Å². The highest BCUT2D eigenvalue weighted by molar-refractivity contribution is 4.80. The normalized spacial score (nSPS) is 28.8. The highest BCUT2D eigenvalue weighted by atomic mass is 15.2. The Bertz CT molecular complexity index is 127. The number of hydrogen-bond donors (Lipinski definition) is 2. The predicted octanol–water partition coefficient (Wildman–Crippen LogP) is 0.0174. The Kier molecular flexibility index (Phi) is 3.98. The van der Waals surface area contributed by atoms with E-state index in [-0.39, 0.29) is 0 Å². The lowest BCUT2D eigenvalue weighted by molar-refractivity contribution is 0.181. The molecule has 1 saturated heterocycles. The van der Waals surface area contributed by atoms with Crippen molar-refractivity contribution in [1.29, 1.82) is 0 Å². The van der Waals surface area contributed by atoms with Gasteiger partial charge in [0.15, 0.2) is 0 Å². The first kappa shape index (κ1) is 9.96. The molecule has 0 aromatic rings. The smallest absolute Gasteiger partial charge is 0.0232 e. The number of nitrogens with zero attached hydrogens (tertiary/aromatic N) is 1. The minimum atomic E-state index is 0.373. The first-order valence-electron chi connectivity index (χ1n) is 4.90. The summed E-state index contributed by atoms with van der Waals surface area (Å²) in [5.41, 5.74) is 5.91. The summed E-state index contributed by atoms with van der Waals surface area (Å²) in [5, 5.41) is 3.40. The molecule has 1 aliphatic heterocycles. The van der Waals surface area contributed by atoms with E-state index in [2.05, 4.69) is 24.2 Å². The van der Waals surface area contributed by atoms with E-state index in [1.54, 1.807) is 0 Å². The van der Waals surface area contributed by atoms with Gasteiger partial charge in [-0.1, -0.05) is 6.92 Å². The number of nitrogens with one attached hydrogen (secondary N) is 1. The largest absolute Gasteiger partial charge is 0.328 e. The zero-order valence-corrected chi connectivity index (χ0v) is 8.21. The standard InChI is InChI=1S/C9H21N3/c1-3-8(10)6-9-7-11-4-5-12(9)2/h8-9,11H,3-7,10H2,1-2H3. The number of likely N-dealkylation sites (N-methyl/N-ethyl adjacent to an activating group) is 1. The first-order valence-corrected chi connectivity index (χ1v) is 4.90. The molecule has 0 spiro atoms. The highest BCUT2D eigenvalue weighted by Crippen LogP contribution is 2.07. The van der Waals surface area contributed by atoms with Crippen LogP contribution in [0.4, 0.5) is 0 Å². The number of rotatable bonds is 3. The third kappa shape index (κ3) is 2.73. The van der Waals surface area contributed by atoms with Crippen LogP contribution in [0.5, 0.6) is 0 Å². The lowest BCUT2D eigenvalue weighted by Gasteiger charge is -2.34. The van der Waals surface area contributed by atoms with E-state index in [0.29, 0.717) is 12.1 Å². The molecule has 1 fully saturated rings. The molecule has 0 aromatic carbocycles. The van der Waals surface area contributed by atoms with Crippen LogP contribution in [0.3, 0.4) is 0 Å². The third-order valence-electron chi connectivity index (χ3n) is 2.74. The van der Waals surface area contributed by atoms with Crippen LogP contribution in [0.1, 0.15) is 19.8 Å². The fourth-order valence-corrected chi connectivity index (χ4v) is 1.64. The summed E-state index contributed by atoms with van der Waals surface area (Å²) in [5.74, 6) is 0. The summed E-state index contributed by atoms with van der Waals surface area (Å²) in [4.78, 5) is 2.41. The summed E-state index contributed by atoms with van der Waals surface area (Å²) in [7, 11) is 2.19. The fourth-order valence-electron chi connectivity index (χ4n) is 1.64. The zero-order valence-electron chi connectivity index (χ0n) is 8.21. The first-order chi connectivity index (χ1) is 5.74. The number of hydrogen-bond acceptors (Lipinski definition) is 3. The summed E-state index contributed by atoms with van der Waals surface area (Å²) < 4.78 is 0. The van der Waals surface area contributed by atoms with Gasteiger partial charge in [0, 0.05) is 31.7 Å². The van der Waals surface area contributed by atoms with E-state index in [9.17, 15) is 0 Å². The van der Waals surface area contributed by atoms with E-state index < -0.39 is 0 Å². The van der Waals surface area contributed by atoms with E-state index >= 15 is 0 Å². The molecule has 12 heavy (non-hydrogen) atoms. The van der Waals surface area contributed by atoms with Crippen molar-refractivity contribution >= 4 is 0 Å². The lowest BCUT2D eigenvalue weighted by atomic mass is 10.0. The van der Waals surface area contributed by atoms with Crippen LogP contribution >= 0.6 is 0 Å². The second-order valence-electron chi connectivity index (χ2n) is 3.74. The second-order valence-corrected chi connectivity index (χ2v) is 3.74. The molecule has 1 aliphatic rings. The molecule has 72 valence electrons. The van der Waals surface area contributed by atoms with E-state index in [0.717, 1.165) is 32.5 Å². The van der Waals surface area contributed by atoms with Crippen LogP contribution in [0.2, 0.25) is 0 Å². The SMILES string of the molecule is CCC(N)CC1CNCCN1C. The maximum atomic E-state index is 5.91. The molecule has 3 N–H and O–H groups in total. The molecular formula is C9H21N3. The topological polar surface area (TPSA) is 41.3 Å². The quantitative estimate of drug-likeness (QED) is 0.629. The maximum Gasteiger partial charge on any atom is 0.0232 e. The molecule has 0 aliphatic carbocycles. The van der Waals surface area contributed by atoms with Crippen LogP contribution in [0.25, 0.3) is 0 Å². The van der Waals surface area contributed by atoms with Crippen molar-refractivity contribution in [1.82, 2.24) is 10.2 Å². The molecule has 3 nitrogen and oxygen atoms in total. The third-order valence-corrected chi connectivity index (χ3v) is 2.74. The Morgan fingerprint density at radius 1 is 1.67 bits per heavy atom. The Hall–Kier alpha value is -0.120. The monoisotopic (exact) mass is 171 g/mol. The molecule has 1 heterocycles. The van der Waals surface area contributed by atoms with Gasteiger partial charge in [-0.25, -0.2) is 0 Å². The summed E-state index contributed by atoms with van der Waals surface area (Å²) in [6.07, 6.45) is 2.21. The van der Waals surface area contributed by atoms with Gasteiger partial charge < -0.3 is 16.0 Å². The summed E-state index contributed by atoms with van der Waals surface area (Å²) >= 11 is 0. The second kappa shape index (κ2) is 4.80. The van der Waals surface area contributed by atoms with Gasteiger partial charge in [0.1, 0.15) is 0 Å². The number of piperazine rings is 1. The van der Waals surface area contributed by atoms with Crippen molar-refractivity contribution in [3.8, 4) is 0 Å². The van der Waals surface area contributed by atoms with E-state index in [4.69, 9.17) is 5.73 Å². The van der Waals surface area contributed by atoms with Gasteiger partial charge in [-0.15, -0.1) is 0 Å². The molecule has 2 unspecified atom stereocenters. The van der Waals surface area contributed by atoms with Gasteiger partial charge in [-0.3, -0.25) is 0 Å². The van der Waals surface area contributed by atoms with Gasteiger partial charge in [0.05, 0.1) is 0 Å². The van der Waals surface area contributed by atoms with Crippen molar-refractivity contribution in [2.24, 2.45) is 5.73 Å². The molecule has 2 atom stereocenters. The van der Waals surface area contributed by atoms with Gasteiger partial charge in [-0.2, -0.15) is 0 Å². The van der Waals surface area contributed by atoms with Crippen molar-refractivity contribution in [2.75, 3.05) is 26.7 Å². The van der Waals surface area contributed by atoms with Gasteiger partial charge in [-0.05, 0) is 19.9 Å². The molecule has 0 saturated carbocycles. The van der Waals surface area contributed by atoms with Gasteiger partial charge in [0.25, 0.3) is 0 Å². The zero-order chi connectivity index (χ0) is 8.97. The van der Waals surface area contributed by atoms with Crippen molar-refractivity contribution in [3.05, 3.63) is 0 Å². The molecular weight excluding hydrogens is 150 g/mol. The Labute approximate surface area is 75.3 Å². The van der Waals surface area contributed by atoms with Crippen molar-refractivity contribution in [3.63, 3.8) is 0 Å². The summed E-state index contributed by atoms with van der Waals surface area (Å²) in [6.45, 7) is 5.53. The maximum absolute atomic E-state index is 5.91. The highest BCUT2D eigenvalue weighted by Gasteiger charge is 2.19. The average Bonchev–Trinajstić information content (AvgIpc) is 2.09. The molecule has 0 bridgehead atoms. The van der Waals surface area contributed by atoms with Gasteiger partial charge in [0.2, 0.25) is 0 Å². The Balaban J connectivity index is 2.28. The average molecular weight is 171 g/mol. The van der Waals surface area contributed by atoms with Crippen LogP contribution in [0, 0.1) is 0 Å². The fraction of sp³-hybridized carbons (Fsp3) is 1.00. The van der Waals surface area contributed by atoms with E-state index in [1.165, 1.54) is 0 Å². The summed E-state index contributed by atoms with van der Waals surface area (Å²) in [6, 6.07) is 1.02. The van der Waals surface area contributed by atoms with E-state index in [1.807, 2.05) is 0 Å². The lowest BCUT2D eigenvalue weighted by Crippen LogP contribution is -2.51. The molecule has 3 heteroatoms. The minimum absolute atomic E-state index is 0.373. The minimum Gasteiger partial charge on any atom is -0.328 e. The van der Waals surface area contributed by atoms with Crippen LogP contribution in [-0.2, 0) is 0 Å². The van der Waals surface area contributed by atoms with Crippen LogP contribution < -0.4 is 11.1 Å². The predicted molar refractivity (Wildman–Crippen MR) is 52.2 cm³/mol. The van der Waals surface area contributed by atoms with Crippen molar-refractivity contribution in [2.45, 2.75) is 31.8 Å². The molecule has 0 aromatic heterocycles. The van der Waals surface area contributed by atoms with Crippen LogP contribution in [-0.4, -0.2) is 43.7 Å². The van der Waals surface area contributed by atoms with Crippen LogP contribution in [0.15, 0.2) is 0 Å². The molecule has 0 amide bonds. The Morgan fingerprint density at radius 2 is 2.42 bits per heavy atom. The molecule has 0 radical (unpaired) electrons. The Morgan fingerprint density at radius 3 is 3.00 bits per heavy atom.